The largest absolute Gasteiger partial charge is 0.449 e. The first kappa shape index (κ1) is 25.0. The smallest absolute Gasteiger partial charge is 0.340 e. The van der Waals surface area contributed by atoms with Gasteiger partial charge in [-0.3, -0.25) is 9.10 Å². The molecule has 1 aliphatic heterocycles. The maximum atomic E-state index is 13.5. The highest BCUT2D eigenvalue weighted by Gasteiger charge is 2.30. The van der Waals surface area contributed by atoms with Gasteiger partial charge in [0.15, 0.2) is 6.10 Å². The normalized spacial score (nSPS) is 14.1. The van der Waals surface area contributed by atoms with Gasteiger partial charge in [-0.25, -0.2) is 13.2 Å². The van der Waals surface area contributed by atoms with Crippen molar-refractivity contribution in [2.45, 2.75) is 30.8 Å². The lowest BCUT2D eigenvalue weighted by atomic mass is 10.0. The fourth-order valence-corrected chi connectivity index (χ4v) is 5.74. The fraction of sp³-hybridized carbons (Fsp3) is 0.200. The molecule has 1 heterocycles. The topological polar surface area (TPSA) is 92.8 Å². The highest BCUT2D eigenvalue weighted by molar-refractivity contribution is 7.92. The predicted octanol–water partition coefficient (Wildman–Crippen LogP) is 5.32. The molecule has 1 atom stereocenters. The molecule has 4 rings (SSSR count). The van der Waals surface area contributed by atoms with Crippen LogP contribution in [0.4, 0.5) is 11.4 Å². The zero-order chi connectivity index (χ0) is 25.2. The molecule has 7 nitrogen and oxygen atoms in total. The van der Waals surface area contributed by atoms with Gasteiger partial charge >= 0.3 is 5.97 Å². The lowest BCUT2D eigenvalue weighted by Crippen LogP contribution is -2.35. The summed E-state index contributed by atoms with van der Waals surface area (Å²) in [6.07, 6.45) is 0.292. The van der Waals surface area contributed by atoms with E-state index in [0.29, 0.717) is 29.4 Å². The number of hydrogen-bond donors (Lipinski definition) is 1. The van der Waals surface area contributed by atoms with E-state index in [2.05, 4.69) is 5.32 Å². The number of aryl methyl sites for hydroxylation is 1. The molecule has 182 valence electrons. The number of halogens is 2. The van der Waals surface area contributed by atoms with Crippen molar-refractivity contribution in [2.24, 2.45) is 0 Å². The quantitative estimate of drug-likeness (QED) is 0.433. The number of nitrogens with zero attached hydrogens (tertiary/aromatic N) is 1. The molecule has 0 saturated carbocycles. The molecule has 3 aromatic carbocycles. The summed E-state index contributed by atoms with van der Waals surface area (Å²) < 4.78 is 33.5. The first-order valence-electron chi connectivity index (χ1n) is 10.8. The summed E-state index contributed by atoms with van der Waals surface area (Å²) in [5.41, 5.74) is 1.85. The Morgan fingerprint density at radius 1 is 1.03 bits per heavy atom. The van der Waals surface area contributed by atoms with E-state index in [1.165, 1.54) is 29.4 Å². The predicted molar refractivity (Wildman–Crippen MR) is 136 cm³/mol. The number of hydrogen-bond acceptors (Lipinski definition) is 5. The van der Waals surface area contributed by atoms with E-state index in [1.807, 2.05) is 12.1 Å². The van der Waals surface area contributed by atoms with Gasteiger partial charge in [0.05, 0.1) is 21.2 Å². The lowest BCUT2D eigenvalue weighted by molar-refractivity contribution is -0.123. The number of sulfonamides is 1. The second-order valence-corrected chi connectivity index (χ2v) is 10.7. The molecular formula is C25H22Cl2N2O5S. The summed E-state index contributed by atoms with van der Waals surface area (Å²) in [5.74, 6) is -1.50. The molecule has 0 aliphatic carbocycles. The van der Waals surface area contributed by atoms with Gasteiger partial charge in [0, 0.05) is 17.3 Å². The third-order valence-electron chi connectivity index (χ3n) is 5.56. The minimum atomic E-state index is -3.96. The molecule has 3 aromatic rings. The molecule has 1 unspecified atom stereocenters. The summed E-state index contributed by atoms with van der Waals surface area (Å²) in [7, 11) is -3.96. The van der Waals surface area contributed by atoms with Crippen LogP contribution < -0.4 is 9.62 Å². The molecule has 0 bridgehead atoms. The molecule has 0 radical (unpaired) electrons. The highest BCUT2D eigenvalue weighted by Crippen LogP contribution is 2.33. The van der Waals surface area contributed by atoms with Crippen molar-refractivity contribution >= 4 is 56.5 Å². The summed E-state index contributed by atoms with van der Waals surface area (Å²) in [6, 6.07) is 17.7. The van der Waals surface area contributed by atoms with Gasteiger partial charge < -0.3 is 10.1 Å². The SMILES string of the molecule is CC(OC(=O)c1cc(S(=O)(=O)N2CCCc3ccccc32)ccc1Cl)C(=O)Nc1cccc(Cl)c1. The van der Waals surface area contributed by atoms with E-state index in [4.69, 9.17) is 27.9 Å². The zero-order valence-electron chi connectivity index (χ0n) is 18.7. The van der Waals surface area contributed by atoms with Crippen molar-refractivity contribution in [1.29, 1.82) is 0 Å². The zero-order valence-corrected chi connectivity index (χ0v) is 21.0. The van der Waals surface area contributed by atoms with Gasteiger partial charge in [-0.05, 0) is 67.8 Å². The number of ether oxygens (including phenoxy) is 1. The van der Waals surface area contributed by atoms with Crippen molar-refractivity contribution < 1.29 is 22.7 Å². The average Bonchev–Trinajstić information content (AvgIpc) is 2.83. The first-order chi connectivity index (χ1) is 16.7. The summed E-state index contributed by atoms with van der Waals surface area (Å²) in [4.78, 5) is 25.2. The third-order valence-corrected chi connectivity index (χ3v) is 7.93. The standard InChI is InChI=1S/C25H22Cl2N2O5S/c1-16(24(30)28-19-9-4-8-18(26)14-19)34-25(31)21-15-20(11-12-22(21)27)35(32,33)29-13-5-7-17-6-2-3-10-23(17)29/h2-4,6,8-12,14-16H,5,7,13H2,1H3,(H,28,30). The Labute approximate surface area is 213 Å². The van der Waals surface area contributed by atoms with E-state index in [1.54, 1.807) is 36.4 Å². The van der Waals surface area contributed by atoms with Crippen molar-refractivity contribution in [3.05, 3.63) is 87.9 Å². The molecule has 10 heteroatoms. The summed E-state index contributed by atoms with van der Waals surface area (Å²) in [5, 5.41) is 3.05. The Kier molecular flexibility index (Phi) is 7.35. The van der Waals surface area contributed by atoms with Crippen molar-refractivity contribution in [1.82, 2.24) is 0 Å². The van der Waals surface area contributed by atoms with Gasteiger partial charge in [-0.1, -0.05) is 47.5 Å². The number of rotatable bonds is 6. The maximum Gasteiger partial charge on any atom is 0.340 e. The van der Waals surface area contributed by atoms with Gasteiger partial charge in [0.1, 0.15) is 0 Å². The van der Waals surface area contributed by atoms with E-state index >= 15 is 0 Å². The van der Waals surface area contributed by atoms with Gasteiger partial charge in [0.2, 0.25) is 0 Å². The Morgan fingerprint density at radius 3 is 2.57 bits per heavy atom. The number of nitrogens with one attached hydrogen (secondary N) is 1. The van der Waals surface area contributed by atoms with Crippen molar-refractivity contribution in [2.75, 3.05) is 16.2 Å². The Hall–Kier alpha value is -3.07. The molecule has 1 N–H and O–H groups in total. The second-order valence-electron chi connectivity index (χ2n) is 8.00. The van der Waals surface area contributed by atoms with Crippen LogP contribution in [0.5, 0.6) is 0 Å². The van der Waals surface area contributed by atoms with Gasteiger partial charge in [0.25, 0.3) is 15.9 Å². The van der Waals surface area contributed by atoms with E-state index in [-0.39, 0.29) is 15.5 Å². The minimum Gasteiger partial charge on any atom is -0.449 e. The van der Waals surface area contributed by atoms with Crippen LogP contribution in [0.2, 0.25) is 10.0 Å². The molecule has 0 fully saturated rings. The molecule has 1 aliphatic rings. The Bertz CT molecular complexity index is 1390. The summed E-state index contributed by atoms with van der Waals surface area (Å²) >= 11 is 12.1. The molecule has 1 amide bonds. The number of benzene rings is 3. The van der Waals surface area contributed by atoms with Crippen LogP contribution in [0.15, 0.2) is 71.6 Å². The number of amides is 1. The van der Waals surface area contributed by atoms with Crippen LogP contribution in [-0.2, 0) is 26.0 Å². The fourth-order valence-electron chi connectivity index (χ4n) is 3.78. The number of carbonyl (C=O) groups excluding carboxylic acids is 2. The number of fused-ring (bicyclic) bond motifs is 1. The third kappa shape index (κ3) is 5.45. The average molecular weight is 533 g/mol. The number of esters is 1. The maximum absolute atomic E-state index is 13.5. The minimum absolute atomic E-state index is 0.00967. The highest BCUT2D eigenvalue weighted by atomic mass is 35.5. The van der Waals surface area contributed by atoms with Crippen LogP contribution in [0.1, 0.15) is 29.3 Å². The van der Waals surface area contributed by atoms with E-state index in [9.17, 15) is 18.0 Å². The van der Waals surface area contributed by atoms with Gasteiger partial charge in [-0.15, -0.1) is 0 Å². The number of anilines is 2. The lowest BCUT2D eigenvalue weighted by Gasteiger charge is -2.30. The molecule has 0 saturated heterocycles. The number of carbonyl (C=O) groups is 2. The van der Waals surface area contributed by atoms with Crippen LogP contribution in [0, 0.1) is 0 Å². The Balaban J connectivity index is 1.54. The van der Waals surface area contributed by atoms with Crippen molar-refractivity contribution in [3.8, 4) is 0 Å². The van der Waals surface area contributed by atoms with Crippen molar-refractivity contribution in [3.63, 3.8) is 0 Å². The molecule has 0 spiro atoms. The van der Waals surface area contributed by atoms with Crippen LogP contribution in [-0.4, -0.2) is 32.9 Å². The van der Waals surface area contributed by atoms with Crippen LogP contribution in [0.25, 0.3) is 0 Å². The second kappa shape index (κ2) is 10.3. The monoisotopic (exact) mass is 532 g/mol. The van der Waals surface area contributed by atoms with E-state index in [0.717, 1.165) is 12.0 Å². The Morgan fingerprint density at radius 2 is 1.80 bits per heavy atom. The van der Waals surface area contributed by atoms with Crippen LogP contribution in [0.3, 0.4) is 0 Å². The summed E-state index contributed by atoms with van der Waals surface area (Å²) in [6.45, 7) is 1.72. The molecular weight excluding hydrogens is 511 g/mol. The number of para-hydroxylation sites is 1. The molecule has 0 aromatic heterocycles. The van der Waals surface area contributed by atoms with E-state index < -0.39 is 28.0 Å². The van der Waals surface area contributed by atoms with Gasteiger partial charge in [-0.2, -0.15) is 0 Å². The molecule has 35 heavy (non-hydrogen) atoms. The first-order valence-corrected chi connectivity index (χ1v) is 13.0. The van der Waals surface area contributed by atoms with Crippen LogP contribution >= 0.6 is 23.2 Å².